The smallest absolute Gasteiger partial charge is 0.456 e. The Kier molecular flexibility index (Phi) is 15.5. The first-order chi connectivity index (χ1) is 49.0. The largest absolute Gasteiger partial charge is 0.494 e. The lowest BCUT2D eigenvalue weighted by Crippen LogP contribution is -2.41. The monoisotopic (exact) mass is 1340 g/mol. The van der Waals surface area contributed by atoms with Gasteiger partial charge < -0.3 is 41.2 Å². The van der Waals surface area contributed by atoms with Crippen LogP contribution in [0.5, 0.6) is 0 Å². The summed E-state index contributed by atoms with van der Waals surface area (Å²) in [6, 6.07) is 84.7. The fraction of sp³-hybridized carbons (Fsp3) is 0.202. The fourth-order valence-corrected chi connectivity index (χ4v) is 14.4. The first-order valence-corrected chi connectivity index (χ1v) is 35.3. The van der Waals surface area contributed by atoms with E-state index in [9.17, 15) is 0 Å². The molecule has 502 valence electrons. The predicted molar refractivity (Wildman–Crippen MR) is 420 cm³/mol. The summed E-state index contributed by atoms with van der Waals surface area (Å²) in [5.74, 6) is 0. The van der Waals surface area contributed by atoms with Crippen LogP contribution >= 0.6 is 0 Å². The van der Waals surface area contributed by atoms with Gasteiger partial charge in [0.2, 0.25) is 0 Å². The van der Waals surface area contributed by atoms with Gasteiger partial charge in [0.15, 0.2) is 0 Å². The Morgan fingerprint density at radius 1 is 0.255 bits per heavy atom. The summed E-state index contributed by atoms with van der Waals surface area (Å²) < 4.78 is 56.4. The van der Waals surface area contributed by atoms with E-state index >= 15 is 0 Å². The van der Waals surface area contributed by atoms with Gasteiger partial charge in [0, 0.05) is 61.0 Å². The number of hydrogen-bond donors (Lipinski definition) is 0. The summed E-state index contributed by atoms with van der Waals surface area (Å²) in [7, 11) is -1.11. The Morgan fingerprint density at radius 3 is 1.12 bits per heavy atom. The van der Waals surface area contributed by atoms with Gasteiger partial charge in [-0.2, -0.15) is 0 Å². The van der Waals surface area contributed by atoms with Crippen LogP contribution in [-0.2, 0) is 27.9 Å². The zero-order chi connectivity index (χ0) is 70.2. The molecule has 16 aromatic rings. The van der Waals surface area contributed by atoms with Crippen molar-refractivity contribution in [1.29, 1.82) is 0 Å². The maximum absolute atomic E-state index is 6.40. The topological polar surface area (TPSA) is 108 Å². The summed E-state index contributed by atoms with van der Waals surface area (Å²) in [5, 5.41) is 13.8. The van der Waals surface area contributed by atoms with Crippen LogP contribution in [0.4, 0.5) is 0 Å². The number of pyridine rings is 1. The van der Waals surface area contributed by atoms with Gasteiger partial charge in [-0.1, -0.05) is 182 Å². The average Bonchev–Trinajstić information content (AvgIpc) is 1.55. The molecule has 13 heteroatoms. The third-order valence-corrected chi connectivity index (χ3v) is 22.4. The number of rotatable bonds is 7. The zero-order valence-corrected chi connectivity index (χ0v) is 59.6. The molecule has 102 heavy (non-hydrogen) atoms. The minimum absolute atomic E-state index is 0.339. The Morgan fingerprint density at radius 2 is 0.647 bits per heavy atom. The van der Waals surface area contributed by atoms with Crippen LogP contribution in [-0.4, -0.2) is 59.9 Å². The van der Waals surface area contributed by atoms with Crippen molar-refractivity contribution in [3.05, 3.63) is 255 Å². The van der Waals surface area contributed by atoms with Crippen LogP contribution in [0.1, 0.15) is 83.1 Å². The lowest BCUT2D eigenvalue weighted by atomic mass is 9.78. The molecule has 12 aromatic carbocycles. The van der Waals surface area contributed by atoms with E-state index in [4.69, 9.17) is 41.2 Å². The van der Waals surface area contributed by atoms with Gasteiger partial charge in [0.05, 0.1) is 33.6 Å². The van der Waals surface area contributed by atoms with Gasteiger partial charge in [0.25, 0.3) is 0 Å². The molecule has 0 bridgehead atoms. The molecule has 3 aliphatic heterocycles. The highest BCUT2D eigenvalue weighted by atomic mass is 16.7. The average molecular weight is 1340 g/mol. The summed E-state index contributed by atoms with van der Waals surface area (Å²) in [5.41, 5.74) is 15.4. The van der Waals surface area contributed by atoms with Crippen LogP contribution in [0.15, 0.2) is 268 Å². The van der Waals surface area contributed by atoms with Crippen molar-refractivity contribution in [2.45, 2.75) is 117 Å². The summed E-state index contributed by atoms with van der Waals surface area (Å²) in [6.07, 6.45) is 3.70. The van der Waals surface area contributed by atoms with Crippen molar-refractivity contribution in [3.63, 3.8) is 0 Å². The second-order valence-electron chi connectivity index (χ2n) is 30.5. The first kappa shape index (κ1) is 65.2. The first-order valence-electron chi connectivity index (χ1n) is 35.3. The third kappa shape index (κ3) is 11.3. The van der Waals surface area contributed by atoms with E-state index in [1.165, 1.54) is 21.5 Å². The van der Waals surface area contributed by atoms with E-state index < -0.39 is 7.12 Å². The molecule has 0 amide bonds. The van der Waals surface area contributed by atoms with Gasteiger partial charge in [-0.05, 0) is 221 Å². The molecule has 0 atom stereocenters. The summed E-state index contributed by atoms with van der Waals surface area (Å²) >= 11 is 0. The molecule has 3 saturated heterocycles. The Balaban J connectivity index is 0.000000114. The SMILES string of the molecule is CC1(C)OB(c2ccc(-c3ccc4oc5c6ccccc6ccc5c4c3)cc2)OC1(C)C.CC1(C)OB(c2cccc(-c3ccc4oc5c6ccccc6ccc5c4c3)c2)OC1(C)C.CC1(C)OB(c2cccc(-c3ccc4oc5cc(-c6cccnc6)c6ccccc6c5c4c3)c2)OC1(C)C. The number of fused-ring (bicyclic) bond motifs is 15. The quantitative estimate of drug-likeness (QED) is 0.143. The van der Waals surface area contributed by atoms with E-state index in [0.717, 1.165) is 137 Å². The zero-order valence-electron chi connectivity index (χ0n) is 59.6. The van der Waals surface area contributed by atoms with Crippen molar-refractivity contribution in [1.82, 2.24) is 4.98 Å². The molecule has 0 spiro atoms. The third-order valence-electron chi connectivity index (χ3n) is 22.4. The van der Waals surface area contributed by atoms with E-state index in [1.807, 2.05) is 12.3 Å². The molecular weight excluding hydrogens is 1260 g/mol. The van der Waals surface area contributed by atoms with Crippen LogP contribution in [0.25, 0.3) is 143 Å². The number of benzene rings is 12. The number of nitrogens with zero attached hydrogens (tertiary/aromatic N) is 1. The maximum atomic E-state index is 6.40. The van der Waals surface area contributed by atoms with Crippen molar-refractivity contribution in [2.24, 2.45) is 0 Å². The Hall–Kier alpha value is -10.1. The molecule has 19 rings (SSSR count). The standard InChI is InChI=1S/C33H28BNO3.2C28H25BO3/c1-32(2)33(3,4)38-34(37-32)24-11-7-9-21(17-24)22-14-15-29-28(18-22)31-26-13-6-5-12-25(26)27(19-30(31)36-29)23-10-8-16-35-20-23;1-27(2)28(3,4)32-29(31-27)21-10-7-9-19(16-21)20-13-15-25-24(17-20)23-14-12-18-8-5-6-11-22(18)26(23)30-25;1-27(2)28(3,4)32-29(31-27)21-13-9-18(10-14-21)20-12-16-25-24(17-20)23-15-11-19-7-5-6-8-22(19)26(23)30-25/h5-20H,1-4H3;2*5-17H,1-4H3. The van der Waals surface area contributed by atoms with E-state index in [0.29, 0.717) is 0 Å². The van der Waals surface area contributed by atoms with Gasteiger partial charge in [-0.3, -0.25) is 4.98 Å². The molecule has 0 unspecified atom stereocenters. The summed E-state index contributed by atoms with van der Waals surface area (Å²) in [6.45, 7) is 25.0. The second kappa shape index (κ2) is 24.3. The van der Waals surface area contributed by atoms with Crippen molar-refractivity contribution < 1.29 is 41.2 Å². The van der Waals surface area contributed by atoms with E-state index in [2.05, 4.69) is 325 Å². The molecule has 7 heterocycles. The molecule has 0 aliphatic carbocycles. The van der Waals surface area contributed by atoms with E-state index in [-0.39, 0.29) is 47.8 Å². The molecule has 4 aromatic heterocycles. The molecule has 0 N–H and O–H groups in total. The highest BCUT2D eigenvalue weighted by molar-refractivity contribution is 6.63. The van der Waals surface area contributed by atoms with Crippen LogP contribution in [0.2, 0.25) is 0 Å². The van der Waals surface area contributed by atoms with Crippen LogP contribution in [0.3, 0.4) is 0 Å². The Labute approximate surface area is 594 Å². The molecular formula is C89H78B3NO9. The number of hydrogen-bond acceptors (Lipinski definition) is 10. The lowest BCUT2D eigenvalue weighted by Gasteiger charge is -2.32. The highest BCUT2D eigenvalue weighted by Crippen LogP contribution is 2.45. The van der Waals surface area contributed by atoms with Crippen molar-refractivity contribution in [3.8, 4) is 44.5 Å². The van der Waals surface area contributed by atoms with Gasteiger partial charge in [-0.25, -0.2) is 0 Å². The van der Waals surface area contributed by atoms with Crippen LogP contribution < -0.4 is 16.4 Å². The second-order valence-corrected chi connectivity index (χ2v) is 30.5. The minimum atomic E-state index is -0.395. The van der Waals surface area contributed by atoms with Crippen molar-refractivity contribution in [2.75, 3.05) is 0 Å². The van der Waals surface area contributed by atoms with Gasteiger partial charge in [0.1, 0.15) is 33.5 Å². The molecule has 3 aliphatic rings. The Bertz CT molecular complexity index is 5920. The van der Waals surface area contributed by atoms with Gasteiger partial charge >= 0.3 is 21.4 Å². The molecule has 3 fully saturated rings. The van der Waals surface area contributed by atoms with Crippen LogP contribution in [0, 0.1) is 0 Å². The number of furan rings is 3. The van der Waals surface area contributed by atoms with Crippen molar-refractivity contribution >= 4 is 136 Å². The number of aromatic nitrogens is 1. The molecule has 0 saturated carbocycles. The maximum Gasteiger partial charge on any atom is 0.494 e. The molecule has 0 radical (unpaired) electrons. The normalized spacial score (nSPS) is 17.2. The minimum Gasteiger partial charge on any atom is -0.456 e. The lowest BCUT2D eigenvalue weighted by molar-refractivity contribution is 0.00578. The predicted octanol–water partition coefficient (Wildman–Crippen LogP) is 21.2. The molecule has 10 nitrogen and oxygen atoms in total. The van der Waals surface area contributed by atoms with E-state index in [1.54, 1.807) is 6.20 Å². The van der Waals surface area contributed by atoms with Gasteiger partial charge in [-0.15, -0.1) is 0 Å². The highest BCUT2D eigenvalue weighted by Gasteiger charge is 2.54. The fourth-order valence-electron chi connectivity index (χ4n) is 14.4. The summed E-state index contributed by atoms with van der Waals surface area (Å²) in [4.78, 5) is 4.34.